The zero-order valence-electron chi connectivity index (χ0n) is 17.8. The summed E-state index contributed by atoms with van der Waals surface area (Å²) < 4.78 is 64.2. The lowest BCUT2D eigenvalue weighted by Gasteiger charge is -2.19. The van der Waals surface area contributed by atoms with Gasteiger partial charge in [0, 0.05) is 6.54 Å². The van der Waals surface area contributed by atoms with Crippen LogP contribution in [0.3, 0.4) is 0 Å². The smallest absolute Gasteiger partial charge is 0.297 e. The first-order chi connectivity index (χ1) is 15.2. The van der Waals surface area contributed by atoms with E-state index in [9.17, 15) is 16.8 Å². The fraction of sp³-hybridized carbons (Fsp3) is 0.217. The Morgan fingerprint density at radius 2 is 1.28 bits per heavy atom. The van der Waals surface area contributed by atoms with Crippen LogP contribution >= 0.6 is 0 Å². The summed E-state index contributed by atoms with van der Waals surface area (Å²) in [4.78, 5) is 0.0569. The lowest BCUT2D eigenvalue weighted by atomic mass is 10.2. The Labute approximate surface area is 189 Å². The first-order valence-corrected chi connectivity index (χ1v) is 12.8. The van der Waals surface area contributed by atoms with E-state index in [1.807, 2.05) is 19.9 Å². The summed E-state index contributed by atoms with van der Waals surface area (Å²) in [7, 11) is -7.99. The summed E-state index contributed by atoms with van der Waals surface area (Å²) in [6.45, 7) is 3.22. The Morgan fingerprint density at radius 3 is 1.84 bits per heavy atom. The van der Waals surface area contributed by atoms with Crippen LogP contribution in [-0.2, 0) is 24.3 Å². The highest BCUT2D eigenvalue weighted by Gasteiger charge is 2.25. The van der Waals surface area contributed by atoms with Crippen LogP contribution in [0.2, 0.25) is 0 Å². The summed E-state index contributed by atoms with van der Waals surface area (Å²) in [6, 6.07) is 21.3. The first-order valence-electron chi connectivity index (χ1n) is 9.90. The van der Waals surface area contributed by atoms with Crippen molar-refractivity contribution < 1.29 is 25.8 Å². The molecule has 170 valence electrons. The Hall–Kier alpha value is -2.72. The molecule has 3 rings (SSSR count). The van der Waals surface area contributed by atoms with Crippen LogP contribution in [0, 0.1) is 13.8 Å². The fourth-order valence-corrected chi connectivity index (χ4v) is 4.90. The summed E-state index contributed by atoms with van der Waals surface area (Å²) in [6.07, 6.45) is -1.10. The third-order valence-corrected chi connectivity index (χ3v) is 7.40. The molecule has 3 aromatic rings. The Bertz CT molecular complexity index is 1220. The minimum absolute atomic E-state index is 0.0193. The number of nitrogens with one attached hydrogen (secondary N) is 1. The molecule has 9 heteroatoms. The van der Waals surface area contributed by atoms with Gasteiger partial charge in [0.05, 0.1) is 9.79 Å². The predicted molar refractivity (Wildman–Crippen MR) is 122 cm³/mol. The minimum atomic E-state index is -4.13. The molecule has 0 bridgehead atoms. The number of hydrogen-bond donors (Lipinski definition) is 1. The molecule has 0 aliphatic carbocycles. The monoisotopic (exact) mass is 475 g/mol. The van der Waals surface area contributed by atoms with Crippen molar-refractivity contribution in [1.82, 2.24) is 4.72 Å². The average molecular weight is 476 g/mol. The van der Waals surface area contributed by atoms with E-state index < -0.39 is 26.2 Å². The molecule has 3 aromatic carbocycles. The van der Waals surface area contributed by atoms with Crippen molar-refractivity contribution in [2.45, 2.75) is 29.7 Å². The highest BCUT2D eigenvalue weighted by Crippen LogP contribution is 2.17. The molecule has 0 aliphatic rings. The molecule has 0 saturated heterocycles. The third-order valence-electron chi connectivity index (χ3n) is 4.58. The molecule has 7 nitrogen and oxygen atoms in total. The normalized spacial score (nSPS) is 12.9. The second kappa shape index (κ2) is 10.3. The Balaban J connectivity index is 1.76. The van der Waals surface area contributed by atoms with Crippen LogP contribution in [0.1, 0.15) is 11.1 Å². The molecule has 1 unspecified atom stereocenters. The molecule has 0 spiro atoms. The van der Waals surface area contributed by atoms with Gasteiger partial charge in [-0.1, -0.05) is 53.6 Å². The predicted octanol–water partition coefficient (Wildman–Crippen LogP) is 3.43. The maximum Gasteiger partial charge on any atom is 0.297 e. The van der Waals surface area contributed by atoms with Gasteiger partial charge >= 0.3 is 0 Å². The second-order valence-electron chi connectivity index (χ2n) is 7.27. The molecule has 0 amide bonds. The van der Waals surface area contributed by atoms with Crippen molar-refractivity contribution in [1.29, 1.82) is 0 Å². The van der Waals surface area contributed by atoms with Gasteiger partial charge in [-0.3, -0.25) is 4.18 Å². The summed E-state index contributed by atoms with van der Waals surface area (Å²) in [5.41, 5.74) is 1.82. The zero-order valence-corrected chi connectivity index (χ0v) is 19.4. The zero-order chi connectivity index (χ0) is 23.2. The summed E-state index contributed by atoms with van der Waals surface area (Å²) in [5, 5.41) is 0. The molecule has 1 atom stereocenters. The van der Waals surface area contributed by atoms with E-state index in [4.69, 9.17) is 8.92 Å². The van der Waals surface area contributed by atoms with E-state index in [1.165, 1.54) is 24.3 Å². The van der Waals surface area contributed by atoms with Gasteiger partial charge in [0.1, 0.15) is 18.5 Å². The van der Waals surface area contributed by atoms with Gasteiger partial charge in [-0.05, 0) is 50.2 Å². The number of para-hydroxylation sites is 1. The van der Waals surface area contributed by atoms with Crippen molar-refractivity contribution in [3.63, 3.8) is 0 Å². The Morgan fingerprint density at radius 1 is 0.750 bits per heavy atom. The van der Waals surface area contributed by atoms with Crippen molar-refractivity contribution >= 4 is 20.1 Å². The molecule has 32 heavy (non-hydrogen) atoms. The van der Waals surface area contributed by atoms with E-state index in [0.29, 0.717) is 5.75 Å². The first kappa shape index (κ1) is 23.9. The van der Waals surface area contributed by atoms with Gasteiger partial charge in [0.15, 0.2) is 0 Å². The second-order valence-corrected chi connectivity index (χ2v) is 10.6. The molecule has 0 fully saturated rings. The van der Waals surface area contributed by atoms with Crippen LogP contribution in [0.4, 0.5) is 0 Å². The number of ether oxygens (including phenoxy) is 1. The molecule has 0 heterocycles. The summed E-state index contributed by atoms with van der Waals surface area (Å²) in [5.74, 6) is 0.509. The average Bonchev–Trinajstić information content (AvgIpc) is 2.77. The van der Waals surface area contributed by atoms with Gasteiger partial charge in [-0.15, -0.1) is 0 Å². The van der Waals surface area contributed by atoms with Crippen LogP contribution in [0.5, 0.6) is 5.75 Å². The van der Waals surface area contributed by atoms with E-state index in [1.54, 1.807) is 48.5 Å². The number of aryl methyl sites for hydroxylation is 2. The minimum Gasteiger partial charge on any atom is -0.491 e. The van der Waals surface area contributed by atoms with Crippen molar-refractivity contribution in [2.75, 3.05) is 13.2 Å². The third kappa shape index (κ3) is 6.64. The van der Waals surface area contributed by atoms with E-state index in [2.05, 4.69) is 4.72 Å². The van der Waals surface area contributed by atoms with Crippen LogP contribution in [0.15, 0.2) is 88.7 Å². The quantitative estimate of drug-likeness (QED) is 0.451. The molecule has 0 radical (unpaired) electrons. The molecular formula is C23H25NO6S2. The molecule has 0 saturated carbocycles. The van der Waals surface area contributed by atoms with Gasteiger partial charge in [-0.25, -0.2) is 13.1 Å². The number of benzene rings is 3. The molecule has 0 aliphatic heterocycles. The number of sulfonamides is 1. The van der Waals surface area contributed by atoms with Crippen molar-refractivity contribution in [3.8, 4) is 5.75 Å². The number of hydrogen-bond acceptors (Lipinski definition) is 6. The maximum atomic E-state index is 12.7. The van der Waals surface area contributed by atoms with Crippen LogP contribution in [0.25, 0.3) is 0 Å². The van der Waals surface area contributed by atoms with Gasteiger partial charge in [0.25, 0.3) is 10.1 Å². The van der Waals surface area contributed by atoms with E-state index >= 15 is 0 Å². The van der Waals surface area contributed by atoms with E-state index in [-0.39, 0.29) is 22.9 Å². The maximum absolute atomic E-state index is 12.7. The SMILES string of the molecule is Cc1ccc(S(=O)(=O)NCC(COc2ccccc2)OS(=O)(=O)c2ccc(C)cc2)cc1. The lowest BCUT2D eigenvalue weighted by Crippen LogP contribution is -2.38. The highest BCUT2D eigenvalue weighted by molar-refractivity contribution is 7.89. The molecular weight excluding hydrogens is 450 g/mol. The Kier molecular flexibility index (Phi) is 7.68. The molecule has 1 N–H and O–H groups in total. The topological polar surface area (TPSA) is 98.8 Å². The fourth-order valence-electron chi connectivity index (χ4n) is 2.77. The van der Waals surface area contributed by atoms with Crippen LogP contribution < -0.4 is 9.46 Å². The highest BCUT2D eigenvalue weighted by atomic mass is 32.2. The van der Waals surface area contributed by atoms with E-state index in [0.717, 1.165) is 11.1 Å². The standard InChI is InChI=1S/C23H25NO6S2/c1-18-8-12-22(13-9-18)31(25,26)24-16-21(17-29-20-6-4-3-5-7-20)30-32(27,28)23-14-10-19(2)11-15-23/h3-15,21,24H,16-17H2,1-2H3. The van der Waals surface area contributed by atoms with Crippen molar-refractivity contribution in [3.05, 3.63) is 90.0 Å². The number of rotatable bonds is 10. The summed E-state index contributed by atoms with van der Waals surface area (Å²) >= 11 is 0. The van der Waals surface area contributed by atoms with Crippen molar-refractivity contribution in [2.24, 2.45) is 0 Å². The van der Waals surface area contributed by atoms with Crippen LogP contribution in [-0.4, -0.2) is 36.1 Å². The van der Waals surface area contributed by atoms with Gasteiger partial charge < -0.3 is 4.74 Å². The van der Waals surface area contributed by atoms with Gasteiger partial charge in [0.2, 0.25) is 10.0 Å². The molecule has 0 aromatic heterocycles. The lowest BCUT2D eigenvalue weighted by molar-refractivity contribution is 0.137. The largest absolute Gasteiger partial charge is 0.491 e. The van der Waals surface area contributed by atoms with Gasteiger partial charge in [-0.2, -0.15) is 8.42 Å².